The normalized spacial score (nSPS) is 42.6. The van der Waals surface area contributed by atoms with Crippen LogP contribution in [0.1, 0.15) is 39.5 Å². The number of ketones is 1. The molecule has 2 fully saturated rings. The SMILES string of the molecule is CC(=O)CN[C@@H]1C[C@H]2CC[C@]1(C)C2. The molecule has 2 nitrogen and oxygen atoms in total. The summed E-state index contributed by atoms with van der Waals surface area (Å²) in [5, 5.41) is 3.40. The monoisotopic (exact) mass is 181 g/mol. The summed E-state index contributed by atoms with van der Waals surface area (Å²) in [7, 11) is 0. The van der Waals surface area contributed by atoms with Gasteiger partial charge in [-0.2, -0.15) is 0 Å². The van der Waals surface area contributed by atoms with Crippen molar-refractivity contribution < 1.29 is 4.79 Å². The highest BCUT2D eigenvalue weighted by Crippen LogP contribution is 2.53. The molecule has 0 aromatic heterocycles. The molecule has 2 rings (SSSR count). The number of Topliss-reactive ketones (excluding diaryl/α,β-unsaturated/α-hetero) is 1. The Morgan fingerprint density at radius 3 is 2.85 bits per heavy atom. The minimum Gasteiger partial charge on any atom is -0.307 e. The smallest absolute Gasteiger partial charge is 0.143 e. The average molecular weight is 181 g/mol. The summed E-state index contributed by atoms with van der Waals surface area (Å²) in [6.45, 7) is 4.59. The predicted molar refractivity (Wildman–Crippen MR) is 52.5 cm³/mol. The number of carbonyl (C=O) groups excluding carboxylic acids is 1. The lowest BCUT2D eigenvalue weighted by Crippen LogP contribution is -2.42. The van der Waals surface area contributed by atoms with Gasteiger partial charge < -0.3 is 5.32 Å². The van der Waals surface area contributed by atoms with Gasteiger partial charge >= 0.3 is 0 Å². The second-order valence-electron chi connectivity index (χ2n) is 5.13. The molecule has 0 aromatic rings. The van der Waals surface area contributed by atoms with Gasteiger partial charge in [0, 0.05) is 6.04 Å². The zero-order valence-electron chi connectivity index (χ0n) is 8.60. The molecule has 2 aliphatic carbocycles. The van der Waals surface area contributed by atoms with Gasteiger partial charge in [-0.15, -0.1) is 0 Å². The highest BCUT2D eigenvalue weighted by molar-refractivity contribution is 5.77. The number of nitrogens with one attached hydrogen (secondary N) is 1. The Bertz CT molecular complexity index is 226. The third-order valence-electron chi connectivity index (χ3n) is 3.89. The van der Waals surface area contributed by atoms with Gasteiger partial charge in [-0.1, -0.05) is 6.92 Å². The Morgan fingerprint density at radius 1 is 1.62 bits per heavy atom. The van der Waals surface area contributed by atoms with Gasteiger partial charge in [0.15, 0.2) is 0 Å². The minimum atomic E-state index is 0.256. The molecule has 2 bridgehead atoms. The molecule has 0 amide bonds. The zero-order chi connectivity index (χ0) is 9.47. The maximum Gasteiger partial charge on any atom is 0.143 e. The minimum absolute atomic E-state index is 0.256. The molecule has 0 aromatic carbocycles. The summed E-state index contributed by atoms with van der Waals surface area (Å²) >= 11 is 0. The van der Waals surface area contributed by atoms with Gasteiger partial charge in [0.1, 0.15) is 5.78 Å². The Morgan fingerprint density at radius 2 is 2.38 bits per heavy atom. The van der Waals surface area contributed by atoms with Crippen molar-refractivity contribution in [2.45, 2.75) is 45.6 Å². The molecule has 0 radical (unpaired) electrons. The Balaban J connectivity index is 1.91. The molecule has 3 atom stereocenters. The van der Waals surface area contributed by atoms with E-state index in [2.05, 4.69) is 12.2 Å². The molecule has 2 heteroatoms. The van der Waals surface area contributed by atoms with Crippen LogP contribution in [-0.2, 0) is 4.79 Å². The van der Waals surface area contributed by atoms with Gasteiger partial charge in [-0.25, -0.2) is 0 Å². The van der Waals surface area contributed by atoms with Gasteiger partial charge in [0.05, 0.1) is 6.54 Å². The first-order valence-corrected chi connectivity index (χ1v) is 5.33. The van der Waals surface area contributed by atoms with Crippen LogP contribution >= 0.6 is 0 Å². The van der Waals surface area contributed by atoms with E-state index in [1.54, 1.807) is 6.92 Å². The van der Waals surface area contributed by atoms with Crippen molar-refractivity contribution in [2.24, 2.45) is 11.3 Å². The van der Waals surface area contributed by atoms with Gasteiger partial charge in [-0.05, 0) is 43.9 Å². The van der Waals surface area contributed by atoms with Crippen molar-refractivity contribution in [2.75, 3.05) is 6.54 Å². The van der Waals surface area contributed by atoms with Crippen molar-refractivity contribution in [1.82, 2.24) is 5.32 Å². The largest absolute Gasteiger partial charge is 0.307 e. The van der Waals surface area contributed by atoms with Crippen LogP contribution in [0.5, 0.6) is 0 Å². The molecule has 0 aliphatic heterocycles. The van der Waals surface area contributed by atoms with E-state index in [-0.39, 0.29) is 5.78 Å². The fraction of sp³-hybridized carbons (Fsp3) is 0.909. The van der Waals surface area contributed by atoms with E-state index in [9.17, 15) is 4.79 Å². The number of carbonyl (C=O) groups is 1. The molecule has 0 heterocycles. The van der Waals surface area contributed by atoms with Crippen molar-refractivity contribution in [3.05, 3.63) is 0 Å². The van der Waals surface area contributed by atoms with E-state index in [4.69, 9.17) is 0 Å². The summed E-state index contributed by atoms with van der Waals surface area (Å²) in [6, 6.07) is 0.607. The molecule has 0 unspecified atom stereocenters. The first kappa shape index (κ1) is 9.20. The van der Waals surface area contributed by atoms with E-state index >= 15 is 0 Å². The fourth-order valence-corrected chi connectivity index (χ4v) is 3.13. The van der Waals surface area contributed by atoms with E-state index in [0.29, 0.717) is 18.0 Å². The van der Waals surface area contributed by atoms with Crippen LogP contribution in [0, 0.1) is 11.3 Å². The molecule has 1 N–H and O–H groups in total. The molecular formula is C11H19NO. The Kier molecular flexibility index (Phi) is 2.18. The third kappa shape index (κ3) is 1.64. The maximum atomic E-state index is 10.8. The van der Waals surface area contributed by atoms with Crippen LogP contribution < -0.4 is 5.32 Å². The summed E-state index contributed by atoms with van der Waals surface area (Å²) in [6.07, 6.45) is 5.44. The molecule has 74 valence electrons. The molecule has 13 heavy (non-hydrogen) atoms. The summed E-state index contributed by atoms with van der Waals surface area (Å²) in [4.78, 5) is 10.8. The summed E-state index contributed by atoms with van der Waals surface area (Å²) in [5.74, 6) is 1.20. The molecule has 2 saturated carbocycles. The van der Waals surface area contributed by atoms with E-state index < -0.39 is 0 Å². The van der Waals surface area contributed by atoms with Crippen molar-refractivity contribution in [3.8, 4) is 0 Å². The fourth-order valence-electron chi connectivity index (χ4n) is 3.13. The second-order valence-corrected chi connectivity index (χ2v) is 5.13. The van der Waals surface area contributed by atoms with Gasteiger partial charge in [-0.3, -0.25) is 4.79 Å². The highest BCUT2D eigenvalue weighted by Gasteiger charge is 2.48. The van der Waals surface area contributed by atoms with Crippen LogP contribution in [0.4, 0.5) is 0 Å². The van der Waals surface area contributed by atoms with Crippen molar-refractivity contribution in [3.63, 3.8) is 0 Å². The number of hydrogen-bond donors (Lipinski definition) is 1. The predicted octanol–water partition coefficient (Wildman–Crippen LogP) is 1.74. The number of hydrogen-bond acceptors (Lipinski definition) is 2. The lowest BCUT2D eigenvalue weighted by Gasteiger charge is -2.31. The van der Waals surface area contributed by atoms with Crippen molar-refractivity contribution in [1.29, 1.82) is 0 Å². The van der Waals surface area contributed by atoms with Gasteiger partial charge in [0.2, 0.25) is 0 Å². The standard InChI is InChI=1S/C11H19NO/c1-8(13)7-12-10-5-9-3-4-11(10,2)6-9/h9-10,12H,3-7H2,1-2H3/t9-,10-,11-/m1/s1. The maximum absolute atomic E-state index is 10.8. The Hall–Kier alpha value is -0.370. The van der Waals surface area contributed by atoms with Crippen LogP contribution in [0.25, 0.3) is 0 Å². The molecule has 0 saturated heterocycles. The molecule has 0 spiro atoms. The summed E-state index contributed by atoms with van der Waals surface area (Å²) in [5.41, 5.74) is 0.500. The third-order valence-corrected chi connectivity index (χ3v) is 3.89. The lowest BCUT2D eigenvalue weighted by atomic mass is 9.82. The van der Waals surface area contributed by atoms with Crippen LogP contribution in [0.3, 0.4) is 0 Å². The second kappa shape index (κ2) is 3.09. The number of rotatable bonds is 3. The summed E-state index contributed by atoms with van der Waals surface area (Å²) < 4.78 is 0. The average Bonchev–Trinajstić information content (AvgIpc) is 2.55. The quantitative estimate of drug-likeness (QED) is 0.718. The van der Waals surface area contributed by atoms with E-state index in [0.717, 1.165) is 5.92 Å². The van der Waals surface area contributed by atoms with E-state index in [1.807, 2.05) is 0 Å². The first-order chi connectivity index (χ1) is 6.10. The number of fused-ring (bicyclic) bond motifs is 2. The van der Waals surface area contributed by atoms with Gasteiger partial charge in [0.25, 0.3) is 0 Å². The van der Waals surface area contributed by atoms with Crippen LogP contribution in [0.15, 0.2) is 0 Å². The first-order valence-electron chi connectivity index (χ1n) is 5.33. The zero-order valence-corrected chi connectivity index (χ0v) is 8.60. The molecule has 2 aliphatic rings. The van der Waals surface area contributed by atoms with E-state index in [1.165, 1.54) is 25.7 Å². The van der Waals surface area contributed by atoms with Crippen LogP contribution in [-0.4, -0.2) is 18.4 Å². The van der Waals surface area contributed by atoms with Crippen LogP contribution in [0.2, 0.25) is 0 Å². The van der Waals surface area contributed by atoms with Crippen molar-refractivity contribution >= 4 is 5.78 Å². The molecular weight excluding hydrogens is 162 g/mol. The Labute approximate surface area is 80.1 Å². The lowest BCUT2D eigenvalue weighted by molar-refractivity contribution is -0.116. The topological polar surface area (TPSA) is 29.1 Å². The highest BCUT2D eigenvalue weighted by atomic mass is 16.1.